The summed E-state index contributed by atoms with van der Waals surface area (Å²) in [7, 11) is 0. The molecule has 3 unspecified atom stereocenters. The van der Waals surface area contributed by atoms with Crippen LogP contribution < -0.4 is 5.32 Å². The Morgan fingerprint density at radius 2 is 1.81 bits per heavy atom. The predicted octanol–water partition coefficient (Wildman–Crippen LogP) is 2.76. The zero-order valence-electron chi connectivity index (χ0n) is 13.3. The number of urea groups is 1. The number of hydrogen-bond acceptors (Lipinski definition) is 2. The maximum Gasteiger partial charge on any atom is 0.317 e. The van der Waals surface area contributed by atoms with Crippen LogP contribution in [-0.2, 0) is 0 Å². The Kier molecular flexibility index (Phi) is 4.72. The summed E-state index contributed by atoms with van der Waals surface area (Å²) in [6, 6.07) is 0.520. The number of carbonyl (C=O) groups is 1. The van der Waals surface area contributed by atoms with Gasteiger partial charge in [-0.1, -0.05) is 12.8 Å². The van der Waals surface area contributed by atoms with Crippen molar-refractivity contribution in [3.05, 3.63) is 0 Å². The highest BCUT2D eigenvalue weighted by Crippen LogP contribution is 2.43. The fourth-order valence-corrected chi connectivity index (χ4v) is 4.21. The first-order chi connectivity index (χ1) is 10.1. The van der Waals surface area contributed by atoms with E-state index in [1.165, 1.54) is 32.1 Å². The van der Waals surface area contributed by atoms with Crippen molar-refractivity contribution in [1.29, 1.82) is 0 Å². The minimum Gasteiger partial charge on any atom is -0.393 e. The Bertz CT molecular complexity index is 360. The number of carbonyl (C=O) groups excluding carboxylic acids is 1. The average Bonchev–Trinajstić information content (AvgIpc) is 3.32. The summed E-state index contributed by atoms with van der Waals surface area (Å²) in [4.78, 5) is 14.3. The number of piperidine rings is 1. The van der Waals surface area contributed by atoms with Crippen molar-refractivity contribution < 1.29 is 9.90 Å². The molecule has 120 valence electrons. The molecule has 3 atom stereocenters. The summed E-state index contributed by atoms with van der Waals surface area (Å²) in [5.41, 5.74) is 0. The van der Waals surface area contributed by atoms with Gasteiger partial charge in [0, 0.05) is 19.1 Å². The number of amides is 2. The van der Waals surface area contributed by atoms with E-state index >= 15 is 0 Å². The molecule has 4 heteroatoms. The second-order valence-electron chi connectivity index (χ2n) is 7.48. The molecule has 4 nitrogen and oxygen atoms in total. The van der Waals surface area contributed by atoms with Gasteiger partial charge in [-0.15, -0.1) is 0 Å². The molecular weight excluding hydrogens is 264 g/mol. The average molecular weight is 294 g/mol. The molecule has 3 rings (SSSR count). The third kappa shape index (κ3) is 3.91. The van der Waals surface area contributed by atoms with Crippen molar-refractivity contribution in [2.75, 3.05) is 13.1 Å². The van der Waals surface area contributed by atoms with Gasteiger partial charge >= 0.3 is 6.03 Å². The van der Waals surface area contributed by atoms with Crippen molar-refractivity contribution in [3.8, 4) is 0 Å². The zero-order valence-corrected chi connectivity index (χ0v) is 13.3. The van der Waals surface area contributed by atoms with Gasteiger partial charge in [0.05, 0.1) is 6.10 Å². The molecule has 1 aliphatic heterocycles. The van der Waals surface area contributed by atoms with Crippen LogP contribution in [0.5, 0.6) is 0 Å². The maximum atomic E-state index is 12.4. The summed E-state index contributed by atoms with van der Waals surface area (Å²) in [6.45, 7) is 3.45. The Hall–Kier alpha value is -0.770. The quantitative estimate of drug-likeness (QED) is 0.841. The van der Waals surface area contributed by atoms with Gasteiger partial charge in [-0.2, -0.15) is 0 Å². The molecule has 1 heterocycles. The highest BCUT2D eigenvalue weighted by molar-refractivity contribution is 5.74. The van der Waals surface area contributed by atoms with Gasteiger partial charge in [-0.05, 0) is 63.2 Å². The normalized spacial score (nSPS) is 32.8. The van der Waals surface area contributed by atoms with Crippen LogP contribution in [-0.4, -0.2) is 41.3 Å². The van der Waals surface area contributed by atoms with Crippen LogP contribution in [0.25, 0.3) is 0 Å². The molecule has 0 aromatic heterocycles. The minimum atomic E-state index is -0.243. The van der Waals surface area contributed by atoms with Crippen LogP contribution in [0.4, 0.5) is 4.79 Å². The van der Waals surface area contributed by atoms with Gasteiger partial charge in [0.25, 0.3) is 0 Å². The second-order valence-corrected chi connectivity index (χ2v) is 7.48. The Morgan fingerprint density at radius 3 is 2.43 bits per heavy atom. The van der Waals surface area contributed by atoms with E-state index in [-0.39, 0.29) is 12.1 Å². The number of nitrogens with zero attached hydrogens (tertiary/aromatic N) is 1. The highest BCUT2D eigenvalue weighted by atomic mass is 16.3. The lowest BCUT2D eigenvalue weighted by molar-refractivity contribution is 0.0786. The Morgan fingerprint density at radius 1 is 1.10 bits per heavy atom. The number of aliphatic hydroxyl groups is 1. The molecule has 0 aromatic rings. The maximum absolute atomic E-state index is 12.4. The molecule has 0 aromatic carbocycles. The number of aliphatic hydroxyl groups excluding tert-OH is 1. The van der Waals surface area contributed by atoms with E-state index < -0.39 is 0 Å². The fraction of sp³-hybridized carbons (Fsp3) is 0.941. The van der Waals surface area contributed by atoms with Crippen LogP contribution >= 0.6 is 0 Å². The van der Waals surface area contributed by atoms with E-state index in [1.807, 2.05) is 11.8 Å². The summed E-state index contributed by atoms with van der Waals surface area (Å²) in [6.07, 6.45) is 9.44. The van der Waals surface area contributed by atoms with Gasteiger partial charge in [0.15, 0.2) is 0 Å². The van der Waals surface area contributed by atoms with Crippen molar-refractivity contribution in [1.82, 2.24) is 10.2 Å². The molecular formula is C17H30N2O2. The lowest BCUT2D eigenvalue weighted by Crippen LogP contribution is -2.49. The first kappa shape index (κ1) is 15.1. The number of hydrogen-bond donors (Lipinski definition) is 2. The van der Waals surface area contributed by atoms with Crippen LogP contribution in [0.2, 0.25) is 0 Å². The van der Waals surface area contributed by atoms with Crippen molar-refractivity contribution in [2.45, 2.75) is 70.4 Å². The largest absolute Gasteiger partial charge is 0.393 e. The van der Waals surface area contributed by atoms with Gasteiger partial charge in [-0.3, -0.25) is 0 Å². The van der Waals surface area contributed by atoms with Crippen molar-refractivity contribution >= 4 is 6.03 Å². The van der Waals surface area contributed by atoms with E-state index in [1.54, 1.807) is 0 Å². The molecule has 2 N–H and O–H groups in total. The summed E-state index contributed by atoms with van der Waals surface area (Å²) in [5, 5.41) is 12.9. The lowest BCUT2D eigenvalue weighted by atomic mass is 9.83. The summed E-state index contributed by atoms with van der Waals surface area (Å²) in [5.74, 6) is 2.19. The Labute approximate surface area is 128 Å². The first-order valence-corrected chi connectivity index (χ1v) is 8.87. The molecule has 3 aliphatic rings. The highest BCUT2D eigenvalue weighted by Gasteiger charge is 2.35. The van der Waals surface area contributed by atoms with Crippen molar-refractivity contribution in [2.24, 2.45) is 17.8 Å². The lowest BCUT2D eigenvalue weighted by Gasteiger charge is -2.36. The molecule has 3 fully saturated rings. The smallest absolute Gasteiger partial charge is 0.317 e. The fourth-order valence-electron chi connectivity index (χ4n) is 4.21. The predicted molar refractivity (Wildman–Crippen MR) is 83.0 cm³/mol. The van der Waals surface area contributed by atoms with Crippen LogP contribution in [0, 0.1) is 17.8 Å². The van der Waals surface area contributed by atoms with Crippen LogP contribution in [0.3, 0.4) is 0 Å². The molecule has 1 saturated heterocycles. The standard InChI is InChI=1S/C17H30N2O2/c1-12(20)13-7-9-19(10-8-13)17(21)18-16-4-2-3-15(11-16)14-5-6-14/h12-16,20H,2-11H2,1H3,(H,18,21). The van der Waals surface area contributed by atoms with E-state index in [9.17, 15) is 9.90 Å². The molecule has 0 radical (unpaired) electrons. The molecule has 21 heavy (non-hydrogen) atoms. The molecule has 2 amide bonds. The van der Waals surface area contributed by atoms with E-state index in [0.717, 1.165) is 44.2 Å². The van der Waals surface area contributed by atoms with E-state index in [4.69, 9.17) is 0 Å². The zero-order chi connectivity index (χ0) is 14.8. The molecule has 0 bridgehead atoms. The molecule has 0 spiro atoms. The number of rotatable bonds is 3. The molecule has 2 aliphatic carbocycles. The van der Waals surface area contributed by atoms with Gasteiger partial charge < -0.3 is 15.3 Å². The van der Waals surface area contributed by atoms with Gasteiger partial charge in [-0.25, -0.2) is 4.79 Å². The Balaban J connectivity index is 1.43. The van der Waals surface area contributed by atoms with E-state index in [2.05, 4.69) is 5.32 Å². The van der Waals surface area contributed by atoms with Gasteiger partial charge in [0.2, 0.25) is 0 Å². The van der Waals surface area contributed by atoms with Crippen molar-refractivity contribution in [3.63, 3.8) is 0 Å². The minimum absolute atomic E-state index is 0.125. The van der Waals surface area contributed by atoms with Crippen LogP contribution in [0.15, 0.2) is 0 Å². The SMILES string of the molecule is CC(O)C1CCN(C(=O)NC2CCCC(C3CC3)C2)CC1. The van der Waals surface area contributed by atoms with Crippen LogP contribution in [0.1, 0.15) is 58.3 Å². The topological polar surface area (TPSA) is 52.6 Å². The number of nitrogens with one attached hydrogen (secondary N) is 1. The third-order valence-electron chi connectivity index (χ3n) is 5.84. The number of likely N-dealkylation sites (tertiary alicyclic amines) is 1. The summed E-state index contributed by atoms with van der Waals surface area (Å²) < 4.78 is 0. The third-order valence-corrected chi connectivity index (χ3v) is 5.84. The van der Waals surface area contributed by atoms with E-state index in [0.29, 0.717) is 12.0 Å². The molecule has 2 saturated carbocycles. The monoisotopic (exact) mass is 294 g/mol. The van der Waals surface area contributed by atoms with Gasteiger partial charge in [0.1, 0.15) is 0 Å². The first-order valence-electron chi connectivity index (χ1n) is 8.87. The second kappa shape index (κ2) is 6.55. The summed E-state index contributed by atoms with van der Waals surface area (Å²) >= 11 is 0.